The van der Waals surface area contributed by atoms with Gasteiger partial charge in [-0.15, -0.1) is 0 Å². The van der Waals surface area contributed by atoms with Crippen molar-refractivity contribution in [1.82, 2.24) is 4.90 Å². The van der Waals surface area contributed by atoms with Gasteiger partial charge in [0.05, 0.1) is 5.71 Å². The number of likely N-dealkylation sites (tertiary alicyclic amines) is 1. The zero-order chi connectivity index (χ0) is 14.4. The van der Waals surface area contributed by atoms with Crippen LogP contribution in [0.3, 0.4) is 0 Å². The minimum atomic E-state index is -0.288. The number of aliphatic imine (C=N–C) groups is 1. The molecule has 1 saturated heterocycles. The van der Waals surface area contributed by atoms with Crippen LogP contribution in [0.5, 0.6) is 0 Å². The second-order valence-electron chi connectivity index (χ2n) is 6.65. The Morgan fingerprint density at radius 1 is 1.32 bits per heavy atom. The fourth-order valence-corrected chi connectivity index (χ4v) is 3.86. The molecule has 2 amide bonds. The van der Waals surface area contributed by atoms with Crippen LogP contribution in [0.2, 0.25) is 0 Å². The van der Waals surface area contributed by atoms with Gasteiger partial charge in [-0.2, -0.15) is 4.99 Å². The first-order valence-corrected chi connectivity index (χ1v) is 6.59. The minimum Gasteiger partial charge on any atom is -0.333 e. The second-order valence-corrected chi connectivity index (χ2v) is 6.65. The number of nitrogens with zero attached hydrogens (tertiary/aromatic N) is 2. The number of rotatable bonds is 1. The molecule has 1 fully saturated rings. The van der Waals surface area contributed by atoms with Crippen LogP contribution in [-0.4, -0.2) is 39.8 Å². The Morgan fingerprint density at radius 3 is 2.21 bits per heavy atom. The zero-order valence-corrected chi connectivity index (χ0v) is 12.2. The maximum atomic E-state index is 11.9. The van der Waals surface area contributed by atoms with E-state index in [0.29, 0.717) is 5.71 Å². The molecule has 2 heterocycles. The summed E-state index contributed by atoms with van der Waals surface area (Å²) < 4.78 is 0. The molecule has 19 heavy (non-hydrogen) atoms. The topological polar surface area (TPSA) is 63.7 Å². The van der Waals surface area contributed by atoms with Gasteiger partial charge in [0.2, 0.25) is 18.2 Å². The van der Waals surface area contributed by atoms with Crippen molar-refractivity contribution in [2.45, 2.75) is 58.5 Å². The van der Waals surface area contributed by atoms with E-state index in [2.05, 4.69) is 16.3 Å². The fraction of sp³-hybridized carbons (Fsp3) is 0.714. The van der Waals surface area contributed by atoms with Gasteiger partial charge in [-0.25, -0.2) is 0 Å². The molecule has 0 aliphatic carbocycles. The molecular weight excluding hydrogens is 242 g/mol. The zero-order valence-electron chi connectivity index (χ0n) is 12.2. The molecule has 2 aliphatic heterocycles. The lowest BCUT2D eigenvalue weighted by Crippen LogP contribution is -2.74. The Hall–Kier alpha value is -1.52. The van der Waals surface area contributed by atoms with Crippen molar-refractivity contribution in [2.24, 2.45) is 10.9 Å². The lowest BCUT2D eigenvalue weighted by Gasteiger charge is -2.55. The molecule has 0 aromatic rings. The molecule has 2 aliphatic rings. The predicted octanol–water partition coefficient (Wildman–Crippen LogP) is -0.231. The largest absolute Gasteiger partial charge is 0.333 e. The summed E-state index contributed by atoms with van der Waals surface area (Å²) in [5.74, 6) is -0.0205. The number of carbonyl (C=O) groups is 2. The molecule has 5 heteroatoms. The molecule has 0 radical (unpaired) electrons. The molecule has 5 nitrogen and oxygen atoms in total. The molecule has 104 valence electrons. The van der Waals surface area contributed by atoms with Crippen LogP contribution in [0.25, 0.3) is 0 Å². The maximum absolute atomic E-state index is 11.9. The number of hydrogen-bond donors (Lipinski definition) is 1. The summed E-state index contributed by atoms with van der Waals surface area (Å²) >= 11 is 0. The molecule has 0 aromatic heterocycles. The Kier molecular flexibility index (Phi) is 3.11. The quantitative estimate of drug-likeness (QED) is 0.664. The molecule has 0 bridgehead atoms. The number of nitrogens with one attached hydrogen (secondary N) is 1. The molecule has 2 rings (SSSR count). The summed E-state index contributed by atoms with van der Waals surface area (Å²) in [7, 11) is 0. The molecule has 0 aromatic carbocycles. The van der Waals surface area contributed by atoms with Crippen LogP contribution in [0, 0.1) is 5.92 Å². The maximum Gasteiger partial charge on any atom is 0.247 e. The van der Waals surface area contributed by atoms with E-state index < -0.39 is 0 Å². The average Bonchev–Trinajstić information content (AvgIpc) is 2.59. The van der Waals surface area contributed by atoms with Gasteiger partial charge >= 0.3 is 0 Å². The van der Waals surface area contributed by atoms with Crippen molar-refractivity contribution < 1.29 is 14.6 Å². The standard InChI is InChI=1S/C14H21N3O2/c1-9(18)17-13(2,3)6-10(7-14(17,4)5)11-12(19)16-8-15-11/h10,16H,6-7H2,1-5H3. The first-order valence-electron chi connectivity index (χ1n) is 6.59. The van der Waals surface area contributed by atoms with Crippen molar-refractivity contribution in [3.8, 4) is 0 Å². The normalized spacial score (nSPS) is 25.6. The number of hydrogen-bond acceptors (Lipinski definition) is 3. The lowest BCUT2D eigenvalue weighted by molar-refractivity contribution is -0.360. The third-order valence-corrected chi connectivity index (χ3v) is 3.98. The first-order chi connectivity index (χ1) is 8.65. The Labute approximate surface area is 113 Å². The van der Waals surface area contributed by atoms with Crippen LogP contribution in [0.1, 0.15) is 47.5 Å². The van der Waals surface area contributed by atoms with Gasteiger partial charge in [0.1, 0.15) is 0 Å². The van der Waals surface area contributed by atoms with Gasteiger partial charge in [0.15, 0.2) is 0 Å². The van der Waals surface area contributed by atoms with E-state index in [-0.39, 0.29) is 28.8 Å². The van der Waals surface area contributed by atoms with E-state index in [4.69, 9.17) is 0 Å². The highest BCUT2D eigenvalue weighted by Gasteiger charge is 2.47. The fourth-order valence-electron chi connectivity index (χ4n) is 3.86. The van der Waals surface area contributed by atoms with Gasteiger partial charge in [-0.1, -0.05) is 0 Å². The Morgan fingerprint density at radius 2 is 1.84 bits per heavy atom. The monoisotopic (exact) mass is 263 g/mol. The lowest BCUT2D eigenvalue weighted by atomic mass is 9.71. The van der Waals surface area contributed by atoms with Crippen molar-refractivity contribution >= 4 is 23.9 Å². The molecule has 1 N–H and O–H groups in total. The van der Waals surface area contributed by atoms with E-state index in [1.54, 1.807) is 6.92 Å². The van der Waals surface area contributed by atoms with Gasteiger partial charge in [0.25, 0.3) is 0 Å². The Balaban J connectivity index is 2.31. The van der Waals surface area contributed by atoms with Crippen molar-refractivity contribution in [3.63, 3.8) is 0 Å². The summed E-state index contributed by atoms with van der Waals surface area (Å²) in [4.78, 5) is 32.1. The van der Waals surface area contributed by atoms with E-state index in [1.807, 2.05) is 32.6 Å². The van der Waals surface area contributed by atoms with E-state index >= 15 is 0 Å². The minimum absolute atomic E-state index is 0.0654. The van der Waals surface area contributed by atoms with Crippen LogP contribution in [-0.2, 0) is 9.59 Å². The average molecular weight is 263 g/mol. The van der Waals surface area contributed by atoms with Gasteiger partial charge in [-0.05, 0) is 46.5 Å². The van der Waals surface area contributed by atoms with Crippen LogP contribution >= 0.6 is 0 Å². The highest BCUT2D eigenvalue weighted by atomic mass is 16.2. The van der Waals surface area contributed by atoms with Gasteiger partial charge in [-0.3, -0.25) is 4.79 Å². The van der Waals surface area contributed by atoms with Crippen LogP contribution < -0.4 is 4.99 Å². The first kappa shape index (κ1) is 13.9. The van der Waals surface area contributed by atoms with Crippen LogP contribution in [0.15, 0.2) is 4.99 Å². The number of amides is 2. The van der Waals surface area contributed by atoms with Crippen LogP contribution in [0.4, 0.5) is 0 Å². The second kappa shape index (κ2) is 4.25. The summed E-state index contributed by atoms with van der Waals surface area (Å²) in [6.07, 6.45) is 4.00. The number of piperidine rings is 1. The molecule has 0 atom stereocenters. The van der Waals surface area contributed by atoms with Crippen molar-refractivity contribution in [2.75, 3.05) is 0 Å². The number of carbonyl (C=O) groups excluding carboxylic acids is 2. The highest BCUT2D eigenvalue weighted by Crippen LogP contribution is 2.41. The van der Waals surface area contributed by atoms with Gasteiger partial charge in [0, 0.05) is 18.0 Å². The van der Waals surface area contributed by atoms with Crippen molar-refractivity contribution in [1.29, 1.82) is 0 Å². The van der Waals surface area contributed by atoms with Crippen molar-refractivity contribution in [3.05, 3.63) is 0 Å². The summed E-state index contributed by atoms with van der Waals surface area (Å²) in [6, 6.07) is 0. The predicted molar refractivity (Wildman–Crippen MR) is 71.8 cm³/mol. The molecular formula is C14H21N3O2. The Bertz CT molecular complexity index is 471. The molecule has 0 spiro atoms. The summed E-state index contributed by atoms with van der Waals surface area (Å²) in [6.45, 7) is 9.78. The molecule has 0 unspecified atom stereocenters. The highest BCUT2D eigenvalue weighted by molar-refractivity contribution is 6.38. The van der Waals surface area contributed by atoms with E-state index in [9.17, 15) is 9.59 Å². The molecule has 0 saturated carbocycles. The van der Waals surface area contributed by atoms with Gasteiger partial charge < -0.3 is 14.7 Å². The smallest absolute Gasteiger partial charge is 0.247 e. The summed E-state index contributed by atoms with van der Waals surface area (Å²) in [5, 5.41) is 0. The third-order valence-electron chi connectivity index (χ3n) is 3.98. The van der Waals surface area contributed by atoms with E-state index in [0.717, 1.165) is 12.8 Å². The van der Waals surface area contributed by atoms with E-state index in [1.165, 1.54) is 0 Å². The SMILES string of the molecule is CC(=O)N1C(C)(C)CC(C2=N[C-]=[NH+]C2=O)CC1(C)C. The third kappa shape index (κ3) is 2.33. The summed E-state index contributed by atoms with van der Waals surface area (Å²) in [5.41, 5.74) is -0.0304.